The van der Waals surface area contributed by atoms with Crippen LogP contribution >= 0.6 is 0 Å². The van der Waals surface area contributed by atoms with Crippen molar-refractivity contribution in [2.45, 2.75) is 25.3 Å². The van der Waals surface area contributed by atoms with Crippen molar-refractivity contribution in [3.63, 3.8) is 0 Å². The number of hydrogen-bond donors (Lipinski definition) is 1. The number of hydrogen-bond acceptors (Lipinski definition) is 6. The maximum absolute atomic E-state index is 12.2. The third-order valence-electron chi connectivity index (χ3n) is 5.09. The van der Waals surface area contributed by atoms with E-state index < -0.39 is 0 Å². The molecule has 1 aromatic carbocycles. The summed E-state index contributed by atoms with van der Waals surface area (Å²) in [5.74, 6) is 1.45. The topological polar surface area (TPSA) is 70.6 Å². The number of rotatable bonds is 4. The van der Waals surface area contributed by atoms with E-state index in [2.05, 4.69) is 32.3 Å². The highest BCUT2D eigenvalue weighted by atomic mass is 16.5. The smallest absolute Gasteiger partial charge is 0.233 e. The lowest BCUT2D eigenvalue weighted by Crippen LogP contribution is -2.36. The molecule has 2 aromatic rings. The zero-order valence-electron chi connectivity index (χ0n) is 14.5. The molecule has 1 N–H and O–H groups in total. The molecule has 1 saturated carbocycles. The molecule has 1 saturated heterocycles. The summed E-state index contributed by atoms with van der Waals surface area (Å²) in [7, 11) is 0. The van der Waals surface area contributed by atoms with Crippen molar-refractivity contribution in [1.29, 1.82) is 0 Å². The zero-order chi connectivity index (χ0) is 17.5. The summed E-state index contributed by atoms with van der Waals surface area (Å²) >= 11 is 0. The number of carbonyl (C=O) groups is 1. The highest BCUT2D eigenvalue weighted by Gasteiger charge is 2.40. The molecule has 0 bridgehead atoms. The fourth-order valence-electron chi connectivity index (χ4n) is 3.57. The summed E-state index contributed by atoms with van der Waals surface area (Å²) < 4.78 is 5.40. The molecule has 0 atom stereocenters. The molecule has 2 aliphatic heterocycles. The van der Waals surface area contributed by atoms with Gasteiger partial charge in [0.15, 0.2) is 0 Å². The molecule has 1 amide bonds. The largest absolute Gasteiger partial charge is 0.378 e. The van der Waals surface area contributed by atoms with Crippen LogP contribution in [0.3, 0.4) is 0 Å². The van der Waals surface area contributed by atoms with Crippen molar-refractivity contribution < 1.29 is 9.53 Å². The van der Waals surface area contributed by atoms with Crippen LogP contribution in [0.5, 0.6) is 0 Å². The molecule has 0 radical (unpaired) electrons. The van der Waals surface area contributed by atoms with Crippen molar-refractivity contribution in [3.05, 3.63) is 36.0 Å². The first-order valence-electron chi connectivity index (χ1n) is 9.16. The summed E-state index contributed by atoms with van der Waals surface area (Å²) in [5.41, 5.74) is 3.05. The van der Waals surface area contributed by atoms with E-state index in [0.717, 1.165) is 56.2 Å². The number of nitrogens with one attached hydrogen (secondary N) is 1. The van der Waals surface area contributed by atoms with Gasteiger partial charge in [-0.3, -0.25) is 9.69 Å². The van der Waals surface area contributed by atoms with Crippen LogP contribution in [0.15, 0.2) is 30.5 Å². The van der Waals surface area contributed by atoms with Gasteiger partial charge in [-0.25, -0.2) is 4.98 Å². The van der Waals surface area contributed by atoms with Crippen molar-refractivity contribution in [1.82, 2.24) is 9.97 Å². The van der Waals surface area contributed by atoms with E-state index in [4.69, 9.17) is 4.74 Å². The minimum atomic E-state index is 0.142. The quantitative estimate of drug-likeness (QED) is 0.910. The molecule has 3 heterocycles. The van der Waals surface area contributed by atoms with Crippen LogP contribution in [0, 0.1) is 0 Å². The van der Waals surface area contributed by atoms with Gasteiger partial charge in [0.2, 0.25) is 11.9 Å². The first kappa shape index (κ1) is 15.6. The SMILES string of the molecule is O=C1Cc2cnc(Nc3ccc(N4CCOCC4)cc3)nc2N1C1CC1. The standard InChI is InChI=1S/C19H21N5O2/c25-17-11-13-12-20-19(22-18(13)24(17)16-5-6-16)21-14-1-3-15(4-2-14)23-7-9-26-10-8-23/h1-4,12,16H,5-11H2,(H,20,21,22). The number of amides is 1. The van der Waals surface area contributed by atoms with E-state index in [0.29, 0.717) is 18.4 Å². The lowest BCUT2D eigenvalue weighted by Gasteiger charge is -2.28. The van der Waals surface area contributed by atoms with Gasteiger partial charge in [-0.1, -0.05) is 0 Å². The molecule has 1 aromatic heterocycles. The number of aromatic nitrogens is 2. The van der Waals surface area contributed by atoms with Gasteiger partial charge in [-0.2, -0.15) is 4.98 Å². The van der Waals surface area contributed by atoms with Gasteiger partial charge in [0, 0.05) is 42.3 Å². The second-order valence-corrected chi connectivity index (χ2v) is 6.99. The predicted octanol–water partition coefficient (Wildman–Crippen LogP) is 2.11. The van der Waals surface area contributed by atoms with Crippen molar-refractivity contribution >= 4 is 29.0 Å². The Hall–Kier alpha value is -2.67. The van der Waals surface area contributed by atoms with E-state index in [9.17, 15) is 4.79 Å². The Morgan fingerprint density at radius 3 is 2.62 bits per heavy atom. The fourth-order valence-corrected chi connectivity index (χ4v) is 3.57. The van der Waals surface area contributed by atoms with Crippen LogP contribution in [0.1, 0.15) is 18.4 Å². The second-order valence-electron chi connectivity index (χ2n) is 6.99. The Morgan fingerprint density at radius 1 is 1.12 bits per heavy atom. The van der Waals surface area contributed by atoms with Crippen molar-refractivity contribution in [2.75, 3.05) is 41.4 Å². The zero-order valence-corrected chi connectivity index (χ0v) is 14.5. The third kappa shape index (κ3) is 2.88. The molecule has 26 heavy (non-hydrogen) atoms. The van der Waals surface area contributed by atoms with Gasteiger partial charge < -0.3 is 15.0 Å². The molecule has 0 unspecified atom stereocenters. The number of anilines is 4. The fraction of sp³-hybridized carbons (Fsp3) is 0.421. The average molecular weight is 351 g/mol. The van der Waals surface area contributed by atoms with E-state index in [-0.39, 0.29) is 5.91 Å². The summed E-state index contributed by atoms with van der Waals surface area (Å²) in [6.45, 7) is 3.40. The third-order valence-corrected chi connectivity index (χ3v) is 5.09. The highest BCUT2D eigenvalue weighted by molar-refractivity contribution is 6.01. The average Bonchev–Trinajstić information content (AvgIpc) is 3.45. The van der Waals surface area contributed by atoms with Crippen molar-refractivity contribution in [3.8, 4) is 0 Å². The Balaban J connectivity index is 1.33. The Kier molecular flexibility index (Phi) is 3.74. The Bertz CT molecular complexity index is 828. The van der Waals surface area contributed by atoms with Crippen LogP contribution in [-0.4, -0.2) is 48.2 Å². The number of morpholine rings is 1. The lowest BCUT2D eigenvalue weighted by molar-refractivity contribution is -0.117. The first-order valence-corrected chi connectivity index (χ1v) is 9.16. The van der Waals surface area contributed by atoms with Gasteiger partial charge in [-0.15, -0.1) is 0 Å². The van der Waals surface area contributed by atoms with Gasteiger partial charge in [0.1, 0.15) is 5.82 Å². The summed E-state index contributed by atoms with van der Waals surface area (Å²) in [4.78, 5) is 25.4. The van der Waals surface area contributed by atoms with Crippen LogP contribution in [0.2, 0.25) is 0 Å². The van der Waals surface area contributed by atoms with E-state index in [1.807, 2.05) is 17.0 Å². The minimum Gasteiger partial charge on any atom is -0.378 e. The second kappa shape index (κ2) is 6.25. The molecule has 2 fully saturated rings. The molecule has 7 heteroatoms. The number of benzene rings is 1. The van der Waals surface area contributed by atoms with Gasteiger partial charge in [0.05, 0.1) is 19.6 Å². The van der Waals surface area contributed by atoms with Crippen molar-refractivity contribution in [2.24, 2.45) is 0 Å². The van der Waals surface area contributed by atoms with Gasteiger partial charge in [0.25, 0.3) is 0 Å². The first-order chi connectivity index (χ1) is 12.8. The summed E-state index contributed by atoms with van der Waals surface area (Å²) in [5, 5.41) is 3.26. The maximum Gasteiger partial charge on any atom is 0.233 e. The van der Waals surface area contributed by atoms with Crippen LogP contribution in [-0.2, 0) is 16.0 Å². The molecule has 3 aliphatic rings. The van der Waals surface area contributed by atoms with Crippen LogP contribution < -0.4 is 15.1 Å². The molecule has 7 nitrogen and oxygen atoms in total. The van der Waals surface area contributed by atoms with E-state index in [1.54, 1.807) is 6.20 Å². The molecular formula is C19H21N5O2. The Morgan fingerprint density at radius 2 is 1.88 bits per heavy atom. The number of nitrogens with zero attached hydrogens (tertiary/aromatic N) is 4. The summed E-state index contributed by atoms with van der Waals surface area (Å²) in [6.07, 6.45) is 4.33. The Labute approximate surface area is 152 Å². The minimum absolute atomic E-state index is 0.142. The molecule has 134 valence electrons. The number of ether oxygens (including phenoxy) is 1. The lowest BCUT2D eigenvalue weighted by atomic mass is 10.2. The van der Waals surface area contributed by atoms with Gasteiger partial charge in [-0.05, 0) is 37.1 Å². The highest BCUT2D eigenvalue weighted by Crippen LogP contribution is 2.37. The molecule has 5 rings (SSSR count). The van der Waals surface area contributed by atoms with Crippen LogP contribution in [0.25, 0.3) is 0 Å². The number of carbonyl (C=O) groups excluding carboxylic acids is 1. The molecular weight excluding hydrogens is 330 g/mol. The summed E-state index contributed by atoms with van der Waals surface area (Å²) in [6, 6.07) is 8.60. The molecule has 1 aliphatic carbocycles. The van der Waals surface area contributed by atoms with E-state index in [1.165, 1.54) is 5.69 Å². The number of fused-ring (bicyclic) bond motifs is 1. The van der Waals surface area contributed by atoms with Gasteiger partial charge >= 0.3 is 0 Å². The van der Waals surface area contributed by atoms with E-state index >= 15 is 0 Å². The maximum atomic E-state index is 12.2. The predicted molar refractivity (Wildman–Crippen MR) is 99.0 cm³/mol. The monoisotopic (exact) mass is 351 g/mol. The normalized spacial score (nSPS) is 19.6. The van der Waals surface area contributed by atoms with Crippen LogP contribution in [0.4, 0.5) is 23.1 Å². The molecule has 0 spiro atoms.